The minimum Gasteiger partial charge on any atom is -0.386 e. The highest BCUT2D eigenvalue weighted by Crippen LogP contribution is 2.22. The number of rotatable bonds is 5. The molecule has 28 heavy (non-hydrogen) atoms. The molecule has 2 aromatic carbocycles. The molecular weight excluding hydrogens is 468 g/mol. The highest BCUT2D eigenvalue weighted by atomic mass is 127. The minimum atomic E-state index is -0.750. The Morgan fingerprint density at radius 3 is 2.50 bits per heavy atom. The average Bonchev–Trinajstić information content (AvgIpc) is 2.72. The third-order valence-electron chi connectivity index (χ3n) is 4.66. The zero-order chi connectivity index (χ0) is 19.1. The van der Waals surface area contributed by atoms with Crippen LogP contribution in [0.5, 0.6) is 0 Å². The molecule has 0 spiro atoms. The van der Waals surface area contributed by atoms with Gasteiger partial charge in [-0.25, -0.2) is 4.39 Å². The first-order chi connectivity index (χ1) is 13.2. The molecule has 1 unspecified atom stereocenters. The number of hydrogen-bond donors (Lipinski definition) is 2. The van der Waals surface area contributed by atoms with E-state index in [9.17, 15) is 9.50 Å². The van der Waals surface area contributed by atoms with Gasteiger partial charge < -0.3 is 15.3 Å². The van der Waals surface area contributed by atoms with Crippen LogP contribution in [0.1, 0.15) is 30.6 Å². The number of benzene rings is 2. The van der Waals surface area contributed by atoms with Gasteiger partial charge in [-0.2, -0.15) is 0 Å². The lowest BCUT2D eigenvalue weighted by Gasteiger charge is -2.30. The number of aliphatic hydroxyl groups is 1. The fourth-order valence-electron chi connectivity index (χ4n) is 3.17. The summed E-state index contributed by atoms with van der Waals surface area (Å²) in [7, 11) is 0. The maximum absolute atomic E-state index is 13.0. The lowest BCUT2D eigenvalue weighted by Crippen LogP contribution is -2.43. The fraction of sp³-hybridized carbons (Fsp3) is 0.318. The Labute approximate surface area is 183 Å². The van der Waals surface area contributed by atoms with Crippen LogP contribution in [0.4, 0.5) is 4.39 Å². The van der Waals surface area contributed by atoms with E-state index in [0.29, 0.717) is 5.56 Å². The van der Waals surface area contributed by atoms with E-state index in [2.05, 4.69) is 45.6 Å². The van der Waals surface area contributed by atoms with Crippen LogP contribution in [-0.4, -0.2) is 42.1 Å². The molecule has 0 bridgehead atoms. The molecule has 0 aromatic heterocycles. The van der Waals surface area contributed by atoms with Crippen LogP contribution in [0.3, 0.4) is 0 Å². The van der Waals surface area contributed by atoms with Crippen LogP contribution in [0.15, 0.2) is 65.7 Å². The summed E-state index contributed by atoms with van der Waals surface area (Å²) in [5.74, 6) is 0.485. The summed E-state index contributed by atoms with van der Waals surface area (Å²) in [6.07, 6.45) is 2.44. The number of aliphatic hydroxyl groups excluding tert-OH is 1. The van der Waals surface area contributed by atoms with Crippen molar-refractivity contribution in [2.75, 3.05) is 26.2 Å². The Kier molecular flexibility index (Phi) is 8.92. The van der Waals surface area contributed by atoms with E-state index < -0.39 is 6.10 Å². The minimum absolute atomic E-state index is 0. The maximum atomic E-state index is 13.0. The largest absolute Gasteiger partial charge is 0.386 e. The highest BCUT2D eigenvalue weighted by molar-refractivity contribution is 14.0. The van der Waals surface area contributed by atoms with Crippen LogP contribution < -0.4 is 5.32 Å². The molecule has 2 aromatic rings. The van der Waals surface area contributed by atoms with E-state index in [-0.39, 0.29) is 36.3 Å². The van der Waals surface area contributed by atoms with Crippen LogP contribution in [0.2, 0.25) is 0 Å². The molecule has 1 aliphatic heterocycles. The van der Waals surface area contributed by atoms with Crippen molar-refractivity contribution in [3.05, 3.63) is 77.6 Å². The van der Waals surface area contributed by atoms with E-state index in [0.717, 1.165) is 32.0 Å². The van der Waals surface area contributed by atoms with Crippen molar-refractivity contribution in [3.8, 4) is 0 Å². The Bertz CT molecular complexity index is 793. The predicted molar refractivity (Wildman–Crippen MR) is 123 cm³/mol. The molecule has 0 saturated carbocycles. The van der Waals surface area contributed by atoms with Gasteiger partial charge in [-0.1, -0.05) is 48.5 Å². The number of nitrogens with zero attached hydrogens (tertiary/aromatic N) is 2. The predicted octanol–water partition coefficient (Wildman–Crippen LogP) is 4.23. The summed E-state index contributed by atoms with van der Waals surface area (Å²) in [4.78, 5) is 6.78. The zero-order valence-corrected chi connectivity index (χ0v) is 18.3. The molecule has 2 N–H and O–H groups in total. The lowest BCUT2D eigenvalue weighted by atomic mass is 10.00. The van der Waals surface area contributed by atoms with Crippen molar-refractivity contribution < 1.29 is 9.50 Å². The second-order valence-corrected chi connectivity index (χ2v) is 6.55. The van der Waals surface area contributed by atoms with Crippen LogP contribution in [0.25, 0.3) is 5.57 Å². The molecule has 1 heterocycles. The normalized spacial score (nSPS) is 15.5. The molecule has 0 saturated heterocycles. The quantitative estimate of drug-likeness (QED) is 0.371. The molecule has 0 amide bonds. The third-order valence-corrected chi connectivity index (χ3v) is 4.66. The molecule has 0 radical (unpaired) electrons. The van der Waals surface area contributed by atoms with Gasteiger partial charge in [-0.3, -0.25) is 4.99 Å². The number of hydrogen-bond acceptors (Lipinski definition) is 2. The fourth-order valence-corrected chi connectivity index (χ4v) is 3.17. The van der Waals surface area contributed by atoms with Gasteiger partial charge in [0, 0.05) is 19.6 Å². The van der Waals surface area contributed by atoms with Crippen LogP contribution in [-0.2, 0) is 0 Å². The first-order valence-electron chi connectivity index (χ1n) is 9.38. The van der Waals surface area contributed by atoms with E-state index >= 15 is 0 Å². The van der Waals surface area contributed by atoms with E-state index in [1.165, 1.54) is 23.3 Å². The Hall–Kier alpha value is -1.93. The molecule has 3 rings (SSSR count). The summed E-state index contributed by atoms with van der Waals surface area (Å²) >= 11 is 0. The maximum Gasteiger partial charge on any atom is 0.194 e. The van der Waals surface area contributed by atoms with E-state index in [1.54, 1.807) is 12.1 Å². The number of aliphatic imine (C=N–C) groups is 1. The summed E-state index contributed by atoms with van der Waals surface area (Å²) < 4.78 is 13.0. The summed E-state index contributed by atoms with van der Waals surface area (Å²) in [5, 5.41) is 13.6. The van der Waals surface area contributed by atoms with Crippen LogP contribution in [0, 0.1) is 5.82 Å². The Morgan fingerprint density at radius 2 is 1.89 bits per heavy atom. The van der Waals surface area contributed by atoms with E-state index in [4.69, 9.17) is 0 Å². The number of halogens is 2. The van der Waals surface area contributed by atoms with Crippen molar-refractivity contribution in [2.24, 2.45) is 4.99 Å². The molecule has 1 atom stereocenters. The summed E-state index contributed by atoms with van der Waals surface area (Å²) in [6.45, 7) is 4.68. The Balaban J connectivity index is 0.00000280. The third kappa shape index (κ3) is 6.04. The monoisotopic (exact) mass is 495 g/mol. The highest BCUT2D eigenvalue weighted by Gasteiger charge is 2.17. The molecule has 0 aliphatic carbocycles. The molecule has 6 heteroatoms. The topological polar surface area (TPSA) is 47.9 Å². The molecule has 0 fully saturated rings. The van der Waals surface area contributed by atoms with Crippen molar-refractivity contribution in [2.45, 2.75) is 19.4 Å². The first-order valence-corrected chi connectivity index (χ1v) is 9.38. The standard InChI is InChI=1S/C22H26FN3O.HI/c1-2-24-22(25-16-21(27)19-8-10-20(23)11-9-19)26-14-12-18(13-15-26)17-6-4-3-5-7-17;/h3-12,21,27H,2,13-16H2,1H3,(H,24,25);1H. The zero-order valence-electron chi connectivity index (χ0n) is 16.0. The van der Waals surface area contributed by atoms with Gasteiger partial charge in [-0.05, 0) is 42.2 Å². The smallest absolute Gasteiger partial charge is 0.194 e. The van der Waals surface area contributed by atoms with Crippen molar-refractivity contribution in [1.29, 1.82) is 0 Å². The second kappa shape index (κ2) is 11.2. The van der Waals surface area contributed by atoms with Crippen molar-refractivity contribution in [1.82, 2.24) is 10.2 Å². The lowest BCUT2D eigenvalue weighted by molar-refractivity contribution is 0.186. The molecule has 4 nitrogen and oxygen atoms in total. The molecule has 1 aliphatic rings. The van der Waals surface area contributed by atoms with Gasteiger partial charge >= 0.3 is 0 Å². The van der Waals surface area contributed by atoms with Gasteiger partial charge in [-0.15, -0.1) is 24.0 Å². The van der Waals surface area contributed by atoms with Crippen molar-refractivity contribution >= 4 is 35.5 Å². The van der Waals surface area contributed by atoms with Gasteiger partial charge in [0.05, 0.1) is 12.6 Å². The van der Waals surface area contributed by atoms with E-state index in [1.807, 2.05) is 13.0 Å². The SMILES string of the molecule is CCNC(=NCC(O)c1ccc(F)cc1)N1CC=C(c2ccccc2)CC1.I. The molecule has 150 valence electrons. The van der Waals surface area contributed by atoms with Gasteiger partial charge in [0.15, 0.2) is 5.96 Å². The van der Waals surface area contributed by atoms with Gasteiger partial charge in [0.2, 0.25) is 0 Å². The number of nitrogens with one attached hydrogen (secondary N) is 1. The average molecular weight is 495 g/mol. The summed E-state index contributed by atoms with van der Waals surface area (Å²) in [5.41, 5.74) is 3.29. The first kappa shape index (κ1) is 22.4. The van der Waals surface area contributed by atoms with Gasteiger partial charge in [0.1, 0.15) is 5.82 Å². The summed E-state index contributed by atoms with van der Waals surface area (Å²) in [6, 6.07) is 16.3. The van der Waals surface area contributed by atoms with Crippen LogP contribution >= 0.6 is 24.0 Å². The van der Waals surface area contributed by atoms with Gasteiger partial charge in [0.25, 0.3) is 0 Å². The second-order valence-electron chi connectivity index (χ2n) is 6.55. The molecular formula is C22H27FIN3O. The number of guanidine groups is 1. The Morgan fingerprint density at radius 1 is 1.18 bits per heavy atom. The van der Waals surface area contributed by atoms with Crippen molar-refractivity contribution in [3.63, 3.8) is 0 Å².